The fourth-order valence-corrected chi connectivity index (χ4v) is 1.92. The van der Waals surface area contributed by atoms with Gasteiger partial charge in [0, 0.05) is 24.2 Å². The second-order valence-electron chi connectivity index (χ2n) is 4.67. The van der Waals surface area contributed by atoms with Crippen LogP contribution in [0.3, 0.4) is 0 Å². The molecule has 0 saturated heterocycles. The minimum atomic E-state index is -0.316. The first kappa shape index (κ1) is 15.4. The molecule has 22 heavy (non-hydrogen) atoms. The van der Waals surface area contributed by atoms with Crippen LogP contribution in [0.4, 0.5) is 17.1 Å². The van der Waals surface area contributed by atoms with Gasteiger partial charge < -0.3 is 21.1 Å². The molecule has 0 aliphatic carbocycles. The van der Waals surface area contributed by atoms with Crippen molar-refractivity contribution < 1.29 is 14.3 Å². The van der Waals surface area contributed by atoms with Crippen molar-refractivity contribution in [3.05, 3.63) is 48.0 Å². The first-order chi connectivity index (χ1) is 10.5. The van der Waals surface area contributed by atoms with Gasteiger partial charge in [-0.05, 0) is 30.3 Å². The molecule has 6 nitrogen and oxygen atoms in total. The number of anilines is 3. The van der Waals surface area contributed by atoms with Gasteiger partial charge in [0.2, 0.25) is 5.91 Å². The van der Waals surface area contributed by atoms with E-state index in [1.807, 2.05) is 0 Å². The van der Waals surface area contributed by atoms with Gasteiger partial charge in [-0.3, -0.25) is 9.59 Å². The van der Waals surface area contributed by atoms with Crippen molar-refractivity contribution in [2.24, 2.45) is 0 Å². The molecule has 2 aromatic carbocycles. The van der Waals surface area contributed by atoms with E-state index in [9.17, 15) is 9.59 Å². The van der Waals surface area contributed by atoms with Crippen molar-refractivity contribution in [1.29, 1.82) is 0 Å². The standard InChI is InChI=1S/C16H17N3O3/c1-10(20)18-12-5-3-4-11(8-12)16(21)19-15-7-6-13(22-2)9-14(15)17/h3-9H,17H2,1-2H3,(H,18,20)(H,19,21). The summed E-state index contributed by atoms with van der Waals surface area (Å²) < 4.78 is 5.06. The molecule has 2 aromatic rings. The highest BCUT2D eigenvalue weighted by molar-refractivity contribution is 6.06. The van der Waals surface area contributed by atoms with E-state index in [-0.39, 0.29) is 11.8 Å². The van der Waals surface area contributed by atoms with Crippen molar-refractivity contribution in [2.45, 2.75) is 6.92 Å². The SMILES string of the molecule is COc1ccc(NC(=O)c2cccc(NC(C)=O)c2)c(N)c1. The zero-order valence-corrected chi connectivity index (χ0v) is 12.3. The van der Waals surface area contributed by atoms with Gasteiger partial charge in [-0.1, -0.05) is 6.07 Å². The molecule has 114 valence electrons. The van der Waals surface area contributed by atoms with Crippen LogP contribution in [0.5, 0.6) is 5.75 Å². The summed E-state index contributed by atoms with van der Waals surface area (Å²) in [5.41, 5.74) is 7.75. The van der Waals surface area contributed by atoms with Crippen LogP contribution in [0.15, 0.2) is 42.5 Å². The highest BCUT2D eigenvalue weighted by atomic mass is 16.5. The lowest BCUT2D eigenvalue weighted by atomic mass is 10.1. The summed E-state index contributed by atoms with van der Waals surface area (Å²) in [6, 6.07) is 11.7. The van der Waals surface area contributed by atoms with Gasteiger partial charge >= 0.3 is 0 Å². The van der Waals surface area contributed by atoms with Gasteiger partial charge in [0.25, 0.3) is 5.91 Å². The Hall–Kier alpha value is -3.02. The maximum atomic E-state index is 12.2. The van der Waals surface area contributed by atoms with E-state index in [4.69, 9.17) is 10.5 Å². The van der Waals surface area contributed by atoms with Gasteiger partial charge in [0.15, 0.2) is 0 Å². The average Bonchev–Trinajstić information content (AvgIpc) is 2.48. The Kier molecular flexibility index (Phi) is 4.63. The van der Waals surface area contributed by atoms with Crippen LogP contribution in [0.1, 0.15) is 17.3 Å². The number of nitrogens with one attached hydrogen (secondary N) is 2. The van der Waals surface area contributed by atoms with Gasteiger partial charge in [-0.15, -0.1) is 0 Å². The van der Waals surface area contributed by atoms with Crippen LogP contribution in [-0.4, -0.2) is 18.9 Å². The predicted octanol–water partition coefficient (Wildman–Crippen LogP) is 2.49. The molecule has 0 aliphatic heterocycles. The third-order valence-electron chi connectivity index (χ3n) is 2.95. The molecular formula is C16H17N3O3. The molecule has 0 bridgehead atoms. The van der Waals surface area contributed by atoms with Crippen LogP contribution >= 0.6 is 0 Å². The number of rotatable bonds is 4. The number of benzene rings is 2. The van der Waals surface area contributed by atoms with E-state index < -0.39 is 0 Å². The molecule has 0 aromatic heterocycles. The summed E-state index contributed by atoms with van der Waals surface area (Å²) in [4.78, 5) is 23.3. The average molecular weight is 299 g/mol. The number of nitrogens with two attached hydrogens (primary N) is 1. The fraction of sp³-hybridized carbons (Fsp3) is 0.125. The van der Waals surface area contributed by atoms with Crippen LogP contribution in [0, 0.1) is 0 Å². The summed E-state index contributed by atoms with van der Waals surface area (Å²) >= 11 is 0. The van der Waals surface area contributed by atoms with E-state index in [0.29, 0.717) is 28.4 Å². The number of carbonyl (C=O) groups is 2. The molecule has 2 amide bonds. The lowest BCUT2D eigenvalue weighted by molar-refractivity contribution is -0.114. The molecule has 0 aliphatic rings. The normalized spacial score (nSPS) is 9.91. The molecule has 0 atom stereocenters. The largest absolute Gasteiger partial charge is 0.497 e. The van der Waals surface area contributed by atoms with E-state index >= 15 is 0 Å². The molecule has 0 saturated carbocycles. The molecule has 0 heterocycles. The van der Waals surface area contributed by atoms with Crippen LogP contribution in [-0.2, 0) is 4.79 Å². The molecule has 0 fully saturated rings. The Bertz CT molecular complexity index is 714. The van der Waals surface area contributed by atoms with Crippen LogP contribution in [0.25, 0.3) is 0 Å². The zero-order valence-electron chi connectivity index (χ0n) is 12.3. The summed E-state index contributed by atoms with van der Waals surface area (Å²) in [6.45, 7) is 1.41. The summed E-state index contributed by atoms with van der Waals surface area (Å²) in [5, 5.41) is 5.36. The number of hydrogen-bond acceptors (Lipinski definition) is 4. The molecule has 4 N–H and O–H groups in total. The van der Waals surface area contributed by atoms with Crippen molar-refractivity contribution in [2.75, 3.05) is 23.5 Å². The van der Waals surface area contributed by atoms with Gasteiger partial charge in [0.05, 0.1) is 18.5 Å². The number of amides is 2. The molecule has 2 rings (SSSR count). The Morgan fingerprint density at radius 2 is 1.86 bits per heavy atom. The monoisotopic (exact) mass is 299 g/mol. The first-order valence-corrected chi connectivity index (χ1v) is 6.62. The number of nitrogen functional groups attached to an aromatic ring is 1. The maximum absolute atomic E-state index is 12.2. The summed E-state index contributed by atoms with van der Waals surface area (Å²) in [7, 11) is 1.54. The highest BCUT2D eigenvalue weighted by Crippen LogP contribution is 2.24. The Balaban J connectivity index is 2.17. The smallest absolute Gasteiger partial charge is 0.255 e. The van der Waals surface area contributed by atoms with E-state index in [0.717, 1.165) is 0 Å². The van der Waals surface area contributed by atoms with Crippen molar-refractivity contribution in [3.8, 4) is 5.75 Å². The maximum Gasteiger partial charge on any atom is 0.255 e. The third kappa shape index (κ3) is 3.76. The van der Waals surface area contributed by atoms with Crippen molar-refractivity contribution >= 4 is 28.9 Å². The minimum Gasteiger partial charge on any atom is -0.497 e. The topological polar surface area (TPSA) is 93.5 Å². The molecule has 0 spiro atoms. The Morgan fingerprint density at radius 3 is 2.50 bits per heavy atom. The zero-order chi connectivity index (χ0) is 16.1. The highest BCUT2D eigenvalue weighted by Gasteiger charge is 2.09. The second-order valence-corrected chi connectivity index (χ2v) is 4.67. The number of carbonyl (C=O) groups excluding carboxylic acids is 2. The number of methoxy groups -OCH3 is 1. The first-order valence-electron chi connectivity index (χ1n) is 6.62. The third-order valence-corrected chi connectivity index (χ3v) is 2.95. The van der Waals surface area contributed by atoms with E-state index in [1.54, 1.807) is 49.6 Å². The Labute approximate surface area is 128 Å². The minimum absolute atomic E-state index is 0.197. The molecule has 6 heteroatoms. The van der Waals surface area contributed by atoms with E-state index in [1.165, 1.54) is 6.92 Å². The number of hydrogen-bond donors (Lipinski definition) is 3. The van der Waals surface area contributed by atoms with Crippen LogP contribution < -0.4 is 21.1 Å². The summed E-state index contributed by atoms with van der Waals surface area (Å²) in [5.74, 6) is 0.101. The number of ether oxygens (including phenoxy) is 1. The van der Waals surface area contributed by atoms with Crippen molar-refractivity contribution in [1.82, 2.24) is 0 Å². The quantitative estimate of drug-likeness (QED) is 0.756. The van der Waals surface area contributed by atoms with Gasteiger partial charge in [-0.2, -0.15) is 0 Å². The fourth-order valence-electron chi connectivity index (χ4n) is 1.92. The van der Waals surface area contributed by atoms with Crippen LogP contribution in [0.2, 0.25) is 0 Å². The van der Waals surface area contributed by atoms with E-state index in [2.05, 4.69) is 10.6 Å². The predicted molar refractivity (Wildman–Crippen MR) is 86.1 cm³/mol. The summed E-state index contributed by atoms with van der Waals surface area (Å²) in [6.07, 6.45) is 0. The van der Waals surface area contributed by atoms with Gasteiger partial charge in [-0.25, -0.2) is 0 Å². The molecule has 0 radical (unpaired) electrons. The van der Waals surface area contributed by atoms with Crippen molar-refractivity contribution in [3.63, 3.8) is 0 Å². The van der Waals surface area contributed by atoms with Gasteiger partial charge in [0.1, 0.15) is 5.75 Å². The molecule has 0 unspecified atom stereocenters. The molecular weight excluding hydrogens is 282 g/mol. The lowest BCUT2D eigenvalue weighted by Gasteiger charge is -2.10. The Morgan fingerprint density at radius 1 is 1.09 bits per heavy atom. The lowest BCUT2D eigenvalue weighted by Crippen LogP contribution is -2.14. The second kappa shape index (κ2) is 6.62.